The number of nitrogens with two attached hydrogens (primary N) is 1. The van der Waals surface area contributed by atoms with Crippen molar-refractivity contribution in [1.29, 1.82) is 0 Å². The molecule has 8 heteroatoms. The number of aryl methyl sites for hydroxylation is 1. The average molecular weight is 405 g/mol. The molecule has 1 aliphatic carbocycles. The molecule has 2 atom stereocenters. The molecule has 2 aromatic heterocycles. The second-order valence-corrected chi connectivity index (χ2v) is 7.55. The number of rotatable bonds is 3. The number of carbonyl (C=O) groups excluding carboxylic acids is 1. The molecule has 1 aliphatic heterocycles. The first-order valence-electron chi connectivity index (χ1n) is 8.56. The van der Waals surface area contributed by atoms with E-state index in [0.717, 1.165) is 34.3 Å². The number of amides is 1. The van der Waals surface area contributed by atoms with Crippen LogP contribution in [0.4, 0.5) is 5.82 Å². The van der Waals surface area contributed by atoms with Gasteiger partial charge in [0.2, 0.25) is 0 Å². The van der Waals surface area contributed by atoms with Gasteiger partial charge in [0.1, 0.15) is 5.82 Å². The molecule has 2 aliphatic rings. The quantitative estimate of drug-likeness (QED) is 0.727. The maximum absolute atomic E-state index is 12.3. The van der Waals surface area contributed by atoms with Gasteiger partial charge in [-0.2, -0.15) is 5.10 Å². The van der Waals surface area contributed by atoms with Gasteiger partial charge in [0, 0.05) is 43.0 Å². The van der Waals surface area contributed by atoms with E-state index in [9.17, 15) is 4.79 Å². The van der Waals surface area contributed by atoms with Gasteiger partial charge in [-0.3, -0.25) is 9.48 Å². The maximum atomic E-state index is 12.3. The van der Waals surface area contributed by atoms with Crippen LogP contribution in [0.3, 0.4) is 0 Å². The summed E-state index contributed by atoms with van der Waals surface area (Å²) in [6.45, 7) is 0.496. The van der Waals surface area contributed by atoms with Crippen LogP contribution in [-0.4, -0.2) is 32.8 Å². The van der Waals surface area contributed by atoms with E-state index in [1.54, 1.807) is 10.9 Å². The molecule has 0 bridgehead atoms. The van der Waals surface area contributed by atoms with Crippen LogP contribution in [0, 0.1) is 0 Å². The minimum absolute atomic E-state index is 0.0945. The summed E-state index contributed by atoms with van der Waals surface area (Å²) in [6, 6.07) is 0.319. The molecule has 1 fully saturated rings. The fourth-order valence-electron chi connectivity index (χ4n) is 3.64. The molecule has 0 spiro atoms. The third-order valence-electron chi connectivity index (χ3n) is 5.01. The zero-order valence-corrected chi connectivity index (χ0v) is 15.6. The summed E-state index contributed by atoms with van der Waals surface area (Å²) < 4.78 is 2.55. The molecule has 4 N–H and O–H groups in total. The molecular formula is C17H21BrN6O. The van der Waals surface area contributed by atoms with Gasteiger partial charge in [0.15, 0.2) is 0 Å². The minimum Gasteiger partial charge on any atom is -0.365 e. The van der Waals surface area contributed by atoms with Gasteiger partial charge in [-0.15, -0.1) is 0 Å². The van der Waals surface area contributed by atoms with Crippen LogP contribution >= 0.6 is 15.9 Å². The summed E-state index contributed by atoms with van der Waals surface area (Å²) in [4.78, 5) is 17.1. The summed E-state index contributed by atoms with van der Waals surface area (Å²) in [5, 5.41) is 10.6. The second kappa shape index (κ2) is 6.42. The third kappa shape index (κ3) is 2.93. The number of pyridine rings is 1. The van der Waals surface area contributed by atoms with Gasteiger partial charge < -0.3 is 16.4 Å². The zero-order chi connectivity index (χ0) is 17.6. The van der Waals surface area contributed by atoms with Crippen molar-refractivity contribution in [3.63, 3.8) is 0 Å². The van der Waals surface area contributed by atoms with Crippen molar-refractivity contribution in [1.82, 2.24) is 20.1 Å². The number of anilines is 1. The molecule has 3 heterocycles. The molecule has 4 rings (SSSR count). The molecule has 0 saturated heterocycles. The Labute approximate surface area is 154 Å². The Balaban J connectivity index is 1.79. The number of hydrogen-bond acceptors (Lipinski definition) is 5. The first kappa shape index (κ1) is 16.5. The molecule has 1 unspecified atom stereocenters. The number of halogens is 1. The van der Waals surface area contributed by atoms with Gasteiger partial charge in [0.05, 0.1) is 21.9 Å². The normalized spacial score (nSPS) is 22.6. The van der Waals surface area contributed by atoms with Crippen LogP contribution in [0.25, 0.3) is 11.3 Å². The van der Waals surface area contributed by atoms with Crippen LogP contribution in [0.2, 0.25) is 0 Å². The Bertz CT molecular complexity index is 833. The number of aromatic nitrogens is 3. The molecule has 132 valence electrons. The highest BCUT2D eigenvalue weighted by Gasteiger charge is 2.31. The predicted octanol–water partition coefficient (Wildman–Crippen LogP) is 2.17. The van der Waals surface area contributed by atoms with E-state index in [4.69, 9.17) is 10.7 Å². The Morgan fingerprint density at radius 2 is 2.20 bits per heavy atom. The first-order chi connectivity index (χ1) is 12.0. The predicted molar refractivity (Wildman–Crippen MR) is 99.2 cm³/mol. The lowest BCUT2D eigenvalue weighted by Crippen LogP contribution is -2.42. The monoisotopic (exact) mass is 404 g/mol. The summed E-state index contributed by atoms with van der Waals surface area (Å²) >= 11 is 3.64. The number of fused-ring (bicyclic) bond motifs is 1. The van der Waals surface area contributed by atoms with Crippen molar-refractivity contribution in [3.8, 4) is 11.3 Å². The largest absolute Gasteiger partial charge is 0.365 e. The van der Waals surface area contributed by atoms with E-state index in [2.05, 4.69) is 31.7 Å². The van der Waals surface area contributed by atoms with Crippen LogP contribution in [0.15, 0.2) is 16.9 Å². The topological polar surface area (TPSA) is 97.9 Å². The molecule has 7 nitrogen and oxygen atoms in total. The fourth-order valence-corrected chi connectivity index (χ4v) is 4.18. The van der Waals surface area contributed by atoms with Crippen LogP contribution in [0.1, 0.15) is 41.6 Å². The lowest BCUT2D eigenvalue weighted by atomic mass is 9.91. The van der Waals surface area contributed by atoms with Crippen molar-refractivity contribution < 1.29 is 4.79 Å². The van der Waals surface area contributed by atoms with Crippen LogP contribution in [-0.2, 0) is 13.6 Å². The highest BCUT2D eigenvalue weighted by atomic mass is 79.9. The second-order valence-electron chi connectivity index (χ2n) is 6.76. The van der Waals surface area contributed by atoms with Gasteiger partial charge in [-0.05, 0) is 28.8 Å². The lowest BCUT2D eigenvalue weighted by molar-refractivity contribution is 0.0966. The highest BCUT2D eigenvalue weighted by molar-refractivity contribution is 9.10. The third-order valence-corrected chi connectivity index (χ3v) is 5.86. The molecule has 0 aromatic carbocycles. The molecule has 1 saturated carbocycles. The Morgan fingerprint density at radius 3 is 2.92 bits per heavy atom. The van der Waals surface area contributed by atoms with Crippen molar-refractivity contribution in [3.05, 3.63) is 28.0 Å². The SMILES string of the molecule is Cn1cc(-c2nc(NC3CCCC[C@@H]3N)c(Br)c3c2C(=O)NC3)cn1. The molecular weight excluding hydrogens is 384 g/mol. The van der Waals surface area contributed by atoms with E-state index in [-0.39, 0.29) is 18.0 Å². The molecule has 0 radical (unpaired) electrons. The fraction of sp³-hybridized carbons (Fsp3) is 0.471. The van der Waals surface area contributed by atoms with Crippen molar-refractivity contribution in [2.75, 3.05) is 5.32 Å². The van der Waals surface area contributed by atoms with Crippen molar-refractivity contribution in [2.24, 2.45) is 12.8 Å². The number of hydrogen-bond donors (Lipinski definition) is 3. The van der Waals surface area contributed by atoms with Gasteiger partial charge in [-0.25, -0.2) is 4.98 Å². The maximum Gasteiger partial charge on any atom is 0.254 e. The van der Waals surface area contributed by atoms with Crippen LogP contribution in [0.5, 0.6) is 0 Å². The molecule has 2 aromatic rings. The number of nitrogens with one attached hydrogen (secondary N) is 2. The smallest absolute Gasteiger partial charge is 0.254 e. The van der Waals surface area contributed by atoms with E-state index in [1.165, 1.54) is 12.8 Å². The standard InChI is InChI=1S/C17H21BrN6O/c1-24-8-9(6-21-24)15-13-10(7-20-17(13)25)14(18)16(23-15)22-12-5-3-2-4-11(12)19/h6,8,11-12H,2-5,7,19H2,1H3,(H,20,25)(H,22,23)/t11-,12?/m0/s1. The summed E-state index contributed by atoms with van der Waals surface area (Å²) in [7, 11) is 1.85. The van der Waals surface area contributed by atoms with E-state index < -0.39 is 0 Å². The molecule has 1 amide bonds. The lowest BCUT2D eigenvalue weighted by Gasteiger charge is -2.30. The van der Waals surface area contributed by atoms with Crippen molar-refractivity contribution >= 4 is 27.7 Å². The summed E-state index contributed by atoms with van der Waals surface area (Å²) in [5.74, 6) is 0.652. The van der Waals surface area contributed by atoms with E-state index in [0.29, 0.717) is 17.8 Å². The summed E-state index contributed by atoms with van der Waals surface area (Å²) in [5.41, 5.74) is 9.33. The van der Waals surface area contributed by atoms with Crippen molar-refractivity contribution in [2.45, 2.75) is 44.3 Å². The average Bonchev–Trinajstić information content (AvgIpc) is 3.19. The van der Waals surface area contributed by atoms with Crippen LogP contribution < -0.4 is 16.4 Å². The Hall–Kier alpha value is -1.93. The Morgan fingerprint density at radius 1 is 1.40 bits per heavy atom. The Kier molecular flexibility index (Phi) is 4.24. The zero-order valence-electron chi connectivity index (χ0n) is 14.1. The van der Waals surface area contributed by atoms with Gasteiger partial charge in [-0.1, -0.05) is 12.8 Å². The van der Waals surface area contributed by atoms with Gasteiger partial charge in [0.25, 0.3) is 5.91 Å². The number of carbonyl (C=O) groups is 1. The van der Waals surface area contributed by atoms with Gasteiger partial charge >= 0.3 is 0 Å². The summed E-state index contributed by atoms with van der Waals surface area (Å²) in [6.07, 6.45) is 8.01. The first-order valence-corrected chi connectivity index (χ1v) is 9.35. The van der Waals surface area contributed by atoms with E-state index >= 15 is 0 Å². The number of nitrogens with zero attached hydrogens (tertiary/aromatic N) is 3. The minimum atomic E-state index is -0.0945. The molecule has 25 heavy (non-hydrogen) atoms. The van der Waals surface area contributed by atoms with E-state index in [1.807, 2.05) is 13.2 Å². The highest BCUT2D eigenvalue weighted by Crippen LogP contribution is 2.37.